The molecule has 1 unspecified atom stereocenters. The fraction of sp³-hybridized carbons (Fsp3) is 0.500. The molecule has 1 aliphatic carbocycles. The highest BCUT2D eigenvalue weighted by Gasteiger charge is 2.28. The lowest BCUT2D eigenvalue weighted by Gasteiger charge is -2.21. The lowest BCUT2D eigenvalue weighted by Crippen LogP contribution is -2.18. The molecule has 0 heterocycles. The summed E-state index contributed by atoms with van der Waals surface area (Å²) in [7, 11) is 0. The highest BCUT2D eigenvalue weighted by atomic mass is 19.2. The van der Waals surface area contributed by atoms with E-state index in [2.05, 4.69) is 0 Å². The quantitative estimate of drug-likeness (QED) is 0.824. The van der Waals surface area contributed by atoms with Crippen LogP contribution in [-0.4, -0.2) is 12.4 Å². The normalized spacial score (nSPS) is 19.9. The van der Waals surface area contributed by atoms with Crippen LogP contribution in [0.4, 0.5) is 8.78 Å². The standard InChI is InChI=1S/C14H16F2O2/c1-2-18-12-8-7-10(13(15)14(12)16)9-5-3-4-6-11(9)17/h7-9H,2-6H2,1H3. The van der Waals surface area contributed by atoms with Crippen LogP contribution in [0.1, 0.15) is 44.1 Å². The van der Waals surface area contributed by atoms with Crippen molar-refractivity contribution in [3.63, 3.8) is 0 Å². The zero-order chi connectivity index (χ0) is 13.1. The van der Waals surface area contributed by atoms with Crippen molar-refractivity contribution in [2.24, 2.45) is 0 Å². The molecule has 0 saturated heterocycles. The molecule has 0 spiro atoms. The Hall–Kier alpha value is -1.45. The maximum absolute atomic E-state index is 13.9. The van der Waals surface area contributed by atoms with Crippen molar-refractivity contribution in [1.29, 1.82) is 0 Å². The van der Waals surface area contributed by atoms with Crippen molar-refractivity contribution >= 4 is 5.78 Å². The molecule has 4 heteroatoms. The first-order valence-electron chi connectivity index (χ1n) is 6.28. The Kier molecular flexibility index (Phi) is 3.94. The van der Waals surface area contributed by atoms with E-state index in [9.17, 15) is 13.6 Å². The van der Waals surface area contributed by atoms with Gasteiger partial charge in [-0.15, -0.1) is 0 Å². The number of hydrogen-bond acceptors (Lipinski definition) is 2. The maximum Gasteiger partial charge on any atom is 0.200 e. The number of ether oxygens (including phenoxy) is 1. The number of halogens is 2. The summed E-state index contributed by atoms with van der Waals surface area (Å²) >= 11 is 0. The van der Waals surface area contributed by atoms with Gasteiger partial charge in [0.1, 0.15) is 5.78 Å². The van der Waals surface area contributed by atoms with Gasteiger partial charge in [-0.3, -0.25) is 4.79 Å². The van der Waals surface area contributed by atoms with Crippen LogP contribution in [0.5, 0.6) is 5.75 Å². The van der Waals surface area contributed by atoms with Gasteiger partial charge in [-0.05, 0) is 25.8 Å². The third kappa shape index (κ3) is 2.37. The Labute approximate surface area is 105 Å². The summed E-state index contributed by atoms with van der Waals surface area (Å²) < 4.78 is 32.6. The van der Waals surface area contributed by atoms with Crippen LogP contribution < -0.4 is 4.74 Å². The lowest BCUT2D eigenvalue weighted by atomic mass is 9.82. The molecule has 0 radical (unpaired) electrons. The molecule has 1 aliphatic rings. The minimum atomic E-state index is -0.993. The first kappa shape index (κ1) is 13.0. The second-order valence-electron chi connectivity index (χ2n) is 4.48. The highest BCUT2D eigenvalue weighted by molar-refractivity contribution is 5.86. The summed E-state index contributed by atoms with van der Waals surface area (Å²) in [6, 6.07) is 2.87. The number of Topliss-reactive ketones (excluding diaryl/α,β-unsaturated/α-hetero) is 1. The predicted molar refractivity (Wildman–Crippen MR) is 63.7 cm³/mol. The van der Waals surface area contributed by atoms with E-state index in [1.54, 1.807) is 6.92 Å². The Morgan fingerprint density at radius 1 is 1.28 bits per heavy atom. The van der Waals surface area contributed by atoms with E-state index >= 15 is 0 Å². The van der Waals surface area contributed by atoms with E-state index in [4.69, 9.17) is 4.74 Å². The highest BCUT2D eigenvalue weighted by Crippen LogP contribution is 2.34. The molecule has 18 heavy (non-hydrogen) atoms. The van der Waals surface area contributed by atoms with Crippen LogP contribution in [-0.2, 0) is 4.79 Å². The van der Waals surface area contributed by atoms with Crippen LogP contribution >= 0.6 is 0 Å². The lowest BCUT2D eigenvalue weighted by molar-refractivity contribution is -0.121. The maximum atomic E-state index is 13.9. The summed E-state index contributed by atoms with van der Waals surface area (Å²) in [6.45, 7) is 1.98. The van der Waals surface area contributed by atoms with Crippen molar-refractivity contribution in [1.82, 2.24) is 0 Å². The first-order chi connectivity index (χ1) is 8.65. The number of carbonyl (C=O) groups excluding carboxylic acids is 1. The molecule has 0 amide bonds. The molecule has 1 aromatic rings. The number of carbonyl (C=O) groups is 1. The van der Waals surface area contributed by atoms with Crippen molar-refractivity contribution in [3.8, 4) is 5.75 Å². The third-order valence-electron chi connectivity index (χ3n) is 3.31. The minimum Gasteiger partial charge on any atom is -0.491 e. The third-order valence-corrected chi connectivity index (χ3v) is 3.31. The fourth-order valence-corrected chi connectivity index (χ4v) is 2.39. The van der Waals surface area contributed by atoms with Gasteiger partial charge < -0.3 is 4.74 Å². The summed E-state index contributed by atoms with van der Waals surface area (Å²) in [5.41, 5.74) is 0.167. The van der Waals surface area contributed by atoms with Crippen molar-refractivity contribution in [2.75, 3.05) is 6.61 Å². The average Bonchev–Trinajstić information content (AvgIpc) is 2.37. The van der Waals surface area contributed by atoms with E-state index in [0.717, 1.165) is 12.8 Å². The van der Waals surface area contributed by atoms with Crippen molar-refractivity contribution in [3.05, 3.63) is 29.3 Å². The van der Waals surface area contributed by atoms with Gasteiger partial charge in [-0.1, -0.05) is 12.5 Å². The average molecular weight is 254 g/mol. The Balaban J connectivity index is 2.34. The summed E-state index contributed by atoms with van der Waals surface area (Å²) in [6.07, 6.45) is 2.78. The molecule has 0 bridgehead atoms. The molecule has 2 nitrogen and oxygen atoms in total. The monoisotopic (exact) mass is 254 g/mol. The van der Waals surface area contributed by atoms with Gasteiger partial charge in [-0.2, -0.15) is 4.39 Å². The zero-order valence-corrected chi connectivity index (χ0v) is 10.3. The Morgan fingerprint density at radius 2 is 2.06 bits per heavy atom. The van der Waals surface area contributed by atoms with Gasteiger partial charge in [0.25, 0.3) is 0 Å². The van der Waals surface area contributed by atoms with E-state index in [0.29, 0.717) is 12.8 Å². The zero-order valence-electron chi connectivity index (χ0n) is 10.3. The van der Waals surface area contributed by atoms with Crippen LogP contribution in [0.3, 0.4) is 0 Å². The molecule has 1 aromatic carbocycles. The molecule has 98 valence electrons. The van der Waals surface area contributed by atoms with Crippen LogP contribution in [0.2, 0.25) is 0 Å². The van der Waals surface area contributed by atoms with Crippen LogP contribution in [0.25, 0.3) is 0 Å². The number of hydrogen-bond donors (Lipinski definition) is 0. The van der Waals surface area contributed by atoms with Crippen LogP contribution in [0.15, 0.2) is 12.1 Å². The molecule has 1 atom stereocenters. The molecule has 1 saturated carbocycles. The summed E-state index contributed by atoms with van der Waals surface area (Å²) in [4.78, 5) is 11.7. The fourth-order valence-electron chi connectivity index (χ4n) is 2.39. The molecule has 0 aromatic heterocycles. The van der Waals surface area contributed by atoms with Gasteiger partial charge in [-0.25, -0.2) is 4.39 Å². The van der Waals surface area contributed by atoms with Gasteiger partial charge in [0, 0.05) is 17.9 Å². The second kappa shape index (κ2) is 5.46. The Bertz CT molecular complexity index is 457. The first-order valence-corrected chi connectivity index (χ1v) is 6.28. The molecule has 0 N–H and O–H groups in total. The predicted octanol–water partition coefficient (Wildman–Crippen LogP) is 3.59. The van der Waals surface area contributed by atoms with Gasteiger partial charge in [0.2, 0.25) is 5.82 Å². The topological polar surface area (TPSA) is 26.3 Å². The van der Waals surface area contributed by atoms with E-state index in [1.807, 2.05) is 0 Å². The van der Waals surface area contributed by atoms with Gasteiger partial charge in [0.05, 0.1) is 6.61 Å². The van der Waals surface area contributed by atoms with E-state index < -0.39 is 17.6 Å². The number of rotatable bonds is 3. The molecular weight excluding hydrogens is 238 g/mol. The van der Waals surface area contributed by atoms with Crippen molar-refractivity contribution < 1.29 is 18.3 Å². The SMILES string of the molecule is CCOc1ccc(C2CCCCC2=O)c(F)c1F. The van der Waals surface area contributed by atoms with Crippen molar-refractivity contribution in [2.45, 2.75) is 38.5 Å². The van der Waals surface area contributed by atoms with Crippen LogP contribution in [0, 0.1) is 11.6 Å². The summed E-state index contributed by atoms with van der Waals surface area (Å²) in [5.74, 6) is -2.52. The number of benzene rings is 1. The Morgan fingerprint density at radius 3 is 2.72 bits per heavy atom. The molecular formula is C14H16F2O2. The largest absolute Gasteiger partial charge is 0.491 e. The number of ketones is 1. The van der Waals surface area contributed by atoms with Gasteiger partial charge >= 0.3 is 0 Å². The van der Waals surface area contributed by atoms with E-state index in [1.165, 1.54) is 12.1 Å². The molecule has 0 aliphatic heterocycles. The van der Waals surface area contributed by atoms with Gasteiger partial charge in [0.15, 0.2) is 11.6 Å². The summed E-state index contributed by atoms with van der Waals surface area (Å²) in [5, 5.41) is 0. The molecule has 2 rings (SSSR count). The smallest absolute Gasteiger partial charge is 0.200 e. The molecule has 1 fully saturated rings. The second-order valence-corrected chi connectivity index (χ2v) is 4.48. The minimum absolute atomic E-state index is 0.00344. The van der Waals surface area contributed by atoms with E-state index in [-0.39, 0.29) is 23.7 Å².